The molecular formula is C24H25ClF3NO5. The molecule has 0 bridgehead atoms. The van der Waals surface area contributed by atoms with Gasteiger partial charge in [-0.2, -0.15) is 13.2 Å². The Morgan fingerprint density at radius 1 is 1.18 bits per heavy atom. The minimum absolute atomic E-state index is 0.271. The van der Waals surface area contributed by atoms with Gasteiger partial charge in [0.15, 0.2) is 0 Å². The first-order valence-electron chi connectivity index (χ1n) is 10.4. The highest BCUT2D eigenvalue weighted by molar-refractivity contribution is 6.32. The van der Waals surface area contributed by atoms with Crippen LogP contribution in [0.15, 0.2) is 36.4 Å². The zero-order valence-corrected chi connectivity index (χ0v) is 19.1. The normalized spacial score (nSPS) is 16.0. The molecule has 1 atom stereocenters. The largest absolute Gasteiger partial charge is 0.491 e. The fourth-order valence-electron chi connectivity index (χ4n) is 3.27. The van der Waals surface area contributed by atoms with Crippen LogP contribution in [0.3, 0.4) is 0 Å². The standard InChI is InChI=1S/C22H24ClNO3.C2HF3O2/c1-15-10-17(8-7-16-4-2-6-19(11-16)22(25)26)12-20(23)21(15)27-14-18-5-3-9-24-13-18;3-2(4,5)1(6)7/h2,4,6-8,10-12,18,24H,3,5,9,13-14H2,1H3,(H,25,26);(H,6,7)/b8-7+;. The van der Waals surface area contributed by atoms with Gasteiger partial charge in [-0.3, -0.25) is 0 Å². The number of hydrogen-bond acceptors (Lipinski definition) is 4. The van der Waals surface area contributed by atoms with Crippen LogP contribution in [0.1, 0.15) is 39.9 Å². The Hall–Kier alpha value is -3.04. The summed E-state index contributed by atoms with van der Waals surface area (Å²) < 4.78 is 37.7. The van der Waals surface area contributed by atoms with Crippen molar-refractivity contribution in [1.29, 1.82) is 0 Å². The van der Waals surface area contributed by atoms with E-state index in [1.54, 1.807) is 18.2 Å². The summed E-state index contributed by atoms with van der Waals surface area (Å²) in [5, 5.41) is 20.2. The summed E-state index contributed by atoms with van der Waals surface area (Å²) >= 11 is 6.45. The van der Waals surface area contributed by atoms with Gasteiger partial charge in [0.1, 0.15) is 5.75 Å². The number of rotatable bonds is 6. The van der Waals surface area contributed by atoms with E-state index in [0.717, 1.165) is 35.5 Å². The van der Waals surface area contributed by atoms with Crippen LogP contribution in [-0.4, -0.2) is 48.0 Å². The average Bonchev–Trinajstić information content (AvgIpc) is 2.78. The third-order valence-corrected chi connectivity index (χ3v) is 5.24. The van der Waals surface area contributed by atoms with Crippen LogP contribution in [0, 0.1) is 12.8 Å². The molecule has 0 spiro atoms. The van der Waals surface area contributed by atoms with Crippen molar-refractivity contribution >= 4 is 35.7 Å². The molecule has 0 radical (unpaired) electrons. The topological polar surface area (TPSA) is 95.9 Å². The van der Waals surface area contributed by atoms with Crippen LogP contribution < -0.4 is 10.1 Å². The lowest BCUT2D eigenvalue weighted by atomic mass is 10.0. The lowest BCUT2D eigenvalue weighted by molar-refractivity contribution is -0.192. The Morgan fingerprint density at radius 2 is 1.85 bits per heavy atom. The number of hydrogen-bond donors (Lipinski definition) is 3. The molecule has 0 aliphatic carbocycles. The number of aromatic carboxylic acids is 1. The summed E-state index contributed by atoms with van der Waals surface area (Å²) in [6.45, 7) is 4.74. The van der Waals surface area contributed by atoms with E-state index in [-0.39, 0.29) is 5.56 Å². The van der Waals surface area contributed by atoms with Crippen LogP contribution in [-0.2, 0) is 4.79 Å². The first kappa shape index (κ1) is 27.2. The molecule has 3 N–H and O–H groups in total. The number of alkyl halides is 3. The van der Waals surface area contributed by atoms with Gasteiger partial charge in [-0.1, -0.05) is 35.9 Å². The molecule has 2 aromatic rings. The van der Waals surface area contributed by atoms with Crippen molar-refractivity contribution in [3.05, 3.63) is 63.7 Å². The third kappa shape index (κ3) is 8.72. The fraction of sp³-hybridized carbons (Fsp3) is 0.333. The van der Waals surface area contributed by atoms with E-state index >= 15 is 0 Å². The number of carboxylic acid groups (broad SMARTS) is 2. The molecule has 0 saturated carbocycles. The predicted octanol–water partition coefficient (Wildman–Crippen LogP) is 5.53. The number of carboxylic acids is 2. The summed E-state index contributed by atoms with van der Waals surface area (Å²) in [4.78, 5) is 20.0. The second kappa shape index (κ2) is 12.4. The van der Waals surface area contributed by atoms with E-state index in [1.807, 2.05) is 37.3 Å². The number of nitrogens with one attached hydrogen (secondary N) is 1. The Morgan fingerprint density at radius 3 is 2.41 bits per heavy atom. The van der Waals surface area contributed by atoms with Crippen LogP contribution >= 0.6 is 11.6 Å². The number of benzene rings is 2. The van der Waals surface area contributed by atoms with Crippen molar-refractivity contribution in [2.75, 3.05) is 19.7 Å². The zero-order valence-electron chi connectivity index (χ0n) is 18.4. The maximum atomic E-state index is 11.1. The molecule has 1 fully saturated rings. The van der Waals surface area contributed by atoms with E-state index in [1.165, 1.54) is 12.8 Å². The summed E-state index contributed by atoms with van der Waals surface area (Å²) in [5.74, 6) is -2.42. The Balaban J connectivity index is 0.000000509. The molecular weight excluding hydrogens is 475 g/mol. The number of ether oxygens (including phenoxy) is 1. The smallest absolute Gasteiger partial charge is 0.490 e. The molecule has 0 amide bonds. The van der Waals surface area contributed by atoms with Crippen molar-refractivity contribution in [3.8, 4) is 5.75 Å². The second-order valence-corrected chi connectivity index (χ2v) is 8.15. The lowest BCUT2D eigenvalue weighted by Crippen LogP contribution is -2.33. The molecule has 1 unspecified atom stereocenters. The van der Waals surface area contributed by atoms with Crippen molar-refractivity contribution < 1.29 is 37.7 Å². The minimum Gasteiger partial charge on any atom is -0.491 e. The molecule has 1 aliphatic heterocycles. The van der Waals surface area contributed by atoms with Crippen molar-refractivity contribution in [2.24, 2.45) is 5.92 Å². The molecule has 3 rings (SSSR count). The number of carbonyl (C=O) groups is 2. The van der Waals surface area contributed by atoms with Crippen LogP contribution in [0.5, 0.6) is 5.75 Å². The molecule has 2 aromatic carbocycles. The van der Waals surface area contributed by atoms with Crippen LogP contribution in [0.4, 0.5) is 13.2 Å². The first-order chi connectivity index (χ1) is 16.0. The van der Waals surface area contributed by atoms with Gasteiger partial charge < -0.3 is 20.3 Å². The van der Waals surface area contributed by atoms with Gasteiger partial charge in [-0.15, -0.1) is 0 Å². The van der Waals surface area contributed by atoms with E-state index in [9.17, 15) is 18.0 Å². The Kier molecular flexibility index (Phi) is 9.95. The lowest BCUT2D eigenvalue weighted by Gasteiger charge is -2.23. The molecule has 1 heterocycles. The highest BCUT2D eigenvalue weighted by atomic mass is 35.5. The maximum absolute atomic E-state index is 11.1. The van der Waals surface area contributed by atoms with E-state index in [2.05, 4.69) is 5.32 Å². The van der Waals surface area contributed by atoms with Gasteiger partial charge in [0.25, 0.3) is 0 Å². The van der Waals surface area contributed by atoms with E-state index < -0.39 is 18.1 Å². The van der Waals surface area contributed by atoms with Gasteiger partial charge in [-0.05, 0) is 67.3 Å². The van der Waals surface area contributed by atoms with Gasteiger partial charge in [-0.25, -0.2) is 9.59 Å². The van der Waals surface area contributed by atoms with E-state index in [0.29, 0.717) is 17.5 Å². The summed E-state index contributed by atoms with van der Waals surface area (Å²) in [7, 11) is 0. The highest BCUT2D eigenvalue weighted by Crippen LogP contribution is 2.31. The van der Waals surface area contributed by atoms with Crippen LogP contribution in [0.2, 0.25) is 5.02 Å². The average molecular weight is 500 g/mol. The molecule has 6 nitrogen and oxygen atoms in total. The summed E-state index contributed by atoms with van der Waals surface area (Å²) in [6, 6.07) is 10.7. The molecule has 34 heavy (non-hydrogen) atoms. The molecule has 10 heteroatoms. The highest BCUT2D eigenvalue weighted by Gasteiger charge is 2.38. The Labute approximate surface area is 200 Å². The van der Waals surface area contributed by atoms with E-state index in [4.69, 9.17) is 31.3 Å². The monoisotopic (exact) mass is 499 g/mol. The number of halogens is 4. The van der Waals surface area contributed by atoms with Crippen molar-refractivity contribution in [1.82, 2.24) is 5.32 Å². The van der Waals surface area contributed by atoms with Crippen molar-refractivity contribution in [2.45, 2.75) is 25.9 Å². The summed E-state index contributed by atoms with van der Waals surface area (Å²) in [5.41, 5.74) is 3.04. The maximum Gasteiger partial charge on any atom is 0.490 e. The minimum atomic E-state index is -5.08. The zero-order chi connectivity index (χ0) is 25.3. The summed E-state index contributed by atoms with van der Waals surface area (Å²) in [6.07, 6.45) is 1.09. The second-order valence-electron chi connectivity index (χ2n) is 7.74. The van der Waals surface area contributed by atoms with Gasteiger partial charge in [0.05, 0.1) is 17.2 Å². The van der Waals surface area contributed by atoms with Gasteiger partial charge in [0, 0.05) is 12.5 Å². The van der Waals surface area contributed by atoms with Crippen LogP contribution in [0.25, 0.3) is 12.2 Å². The number of aryl methyl sites for hydroxylation is 1. The molecule has 184 valence electrons. The fourth-order valence-corrected chi connectivity index (χ4v) is 3.60. The SMILES string of the molecule is Cc1cc(/C=C/c2cccc(C(=O)O)c2)cc(Cl)c1OCC1CCCNC1.O=C(O)C(F)(F)F. The third-order valence-electron chi connectivity index (χ3n) is 4.96. The first-order valence-corrected chi connectivity index (χ1v) is 10.8. The molecule has 1 aliphatic rings. The number of aliphatic carboxylic acids is 1. The quantitative estimate of drug-likeness (QED) is 0.452. The Bertz CT molecular complexity index is 1010. The van der Waals surface area contributed by atoms with Gasteiger partial charge >= 0.3 is 18.1 Å². The predicted molar refractivity (Wildman–Crippen MR) is 123 cm³/mol. The van der Waals surface area contributed by atoms with Gasteiger partial charge in [0.2, 0.25) is 0 Å². The molecule has 1 saturated heterocycles. The number of piperidine rings is 1. The molecule has 0 aromatic heterocycles. The van der Waals surface area contributed by atoms with Crippen molar-refractivity contribution in [3.63, 3.8) is 0 Å².